The van der Waals surface area contributed by atoms with Crippen LogP contribution in [0.25, 0.3) is 0 Å². The van der Waals surface area contributed by atoms with Crippen LogP contribution in [0.4, 0.5) is 0 Å². The molecule has 1 aromatic carbocycles. The Hall–Kier alpha value is -0.910. The van der Waals surface area contributed by atoms with Gasteiger partial charge in [0, 0.05) is 0 Å². The van der Waals surface area contributed by atoms with Gasteiger partial charge in [0.25, 0.3) is 10.1 Å². The molecule has 0 aromatic heterocycles. The summed E-state index contributed by atoms with van der Waals surface area (Å²) in [5.74, 6) is 0.0932. The summed E-state index contributed by atoms with van der Waals surface area (Å²) >= 11 is 0. The normalized spacial score (nSPS) is 13.8. The van der Waals surface area contributed by atoms with E-state index in [4.69, 9.17) is 4.18 Å². The van der Waals surface area contributed by atoms with E-state index in [-0.39, 0.29) is 17.4 Å². The van der Waals surface area contributed by atoms with Gasteiger partial charge in [-0.2, -0.15) is 8.42 Å². The van der Waals surface area contributed by atoms with E-state index < -0.39 is 16.2 Å². The molecule has 0 aliphatic rings. The van der Waals surface area contributed by atoms with Crippen molar-refractivity contribution < 1.29 is 17.7 Å². The topological polar surface area (TPSA) is 63.6 Å². The van der Waals surface area contributed by atoms with Gasteiger partial charge in [0.1, 0.15) is 0 Å². The van der Waals surface area contributed by atoms with Gasteiger partial charge in [-0.15, -0.1) is 0 Å². The quantitative estimate of drug-likeness (QED) is 0.806. The zero-order chi connectivity index (χ0) is 13.8. The molecule has 0 spiro atoms. The molecule has 0 aliphatic heterocycles. The Labute approximate surface area is 109 Å². The first-order valence-electron chi connectivity index (χ1n) is 5.97. The summed E-state index contributed by atoms with van der Waals surface area (Å²) in [6.45, 7) is 5.63. The van der Waals surface area contributed by atoms with Gasteiger partial charge < -0.3 is 5.11 Å². The Kier molecular flexibility index (Phi) is 5.31. The summed E-state index contributed by atoms with van der Waals surface area (Å²) < 4.78 is 28.5. The van der Waals surface area contributed by atoms with Crippen molar-refractivity contribution in [2.45, 2.75) is 38.2 Å². The number of benzene rings is 1. The van der Waals surface area contributed by atoms with Crippen molar-refractivity contribution >= 4 is 10.1 Å². The Balaban J connectivity index is 2.58. The van der Waals surface area contributed by atoms with E-state index in [1.165, 1.54) is 12.1 Å². The number of aliphatic hydroxyl groups is 1. The fourth-order valence-corrected chi connectivity index (χ4v) is 2.31. The van der Waals surface area contributed by atoms with Crippen LogP contribution in [0.1, 0.15) is 25.8 Å². The van der Waals surface area contributed by atoms with E-state index >= 15 is 0 Å². The van der Waals surface area contributed by atoms with Gasteiger partial charge in [0.2, 0.25) is 0 Å². The van der Waals surface area contributed by atoms with Crippen LogP contribution in [0.5, 0.6) is 0 Å². The maximum absolute atomic E-state index is 11.8. The summed E-state index contributed by atoms with van der Waals surface area (Å²) in [4.78, 5) is 0.145. The molecule has 18 heavy (non-hydrogen) atoms. The molecule has 0 heterocycles. The van der Waals surface area contributed by atoms with Crippen molar-refractivity contribution in [2.75, 3.05) is 6.61 Å². The minimum absolute atomic E-state index is 0.00441. The monoisotopic (exact) mass is 272 g/mol. The Morgan fingerprint density at radius 2 is 1.78 bits per heavy atom. The van der Waals surface area contributed by atoms with Crippen LogP contribution in [-0.2, 0) is 14.3 Å². The van der Waals surface area contributed by atoms with Crippen LogP contribution < -0.4 is 0 Å². The van der Waals surface area contributed by atoms with Crippen molar-refractivity contribution in [1.29, 1.82) is 0 Å². The second kappa shape index (κ2) is 6.31. The molecule has 0 fully saturated rings. The molecule has 5 heteroatoms. The molecular weight excluding hydrogens is 252 g/mol. The SMILES string of the molecule is Cc1ccc(S(=O)(=O)OCC[C@H](O)C(C)C)cc1. The molecule has 0 unspecified atom stereocenters. The first-order chi connectivity index (χ1) is 8.33. The molecular formula is C13H20O4S. The van der Waals surface area contributed by atoms with Crippen LogP contribution in [-0.4, -0.2) is 26.2 Å². The summed E-state index contributed by atoms with van der Waals surface area (Å²) in [7, 11) is -3.71. The first-order valence-corrected chi connectivity index (χ1v) is 7.38. The number of rotatable bonds is 6. The van der Waals surface area contributed by atoms with Gasteiger partial charge in [-0.1, -0.05) is 31.5 Å². The van der Waals surface area contributed by atoms with Crippen molar-refractivity contribution in [3.63, 3.8) is 0 Å². The van der Waals surface area contributed by atoms with Crippen molar-refractivity contribution in [1.82, 2.24) is 0 Å². The standard InChI is InChI=1S/C13H20O4S/c1-10(2)13(14)8-9-17-18(15,16)12-6-4-11(3)5-7-12/h4-7,10,13-14H,8-9H2,1-3H3/t13-/m0/s1. The van der Waals surface area contributed by atoms with E-state index in [1.54, 1.807) is 12.1 Å². The van der Waals surface area contributed by atoms with E-state index in [0.29, 0.717) is 6.42 Å². The highest BCUT2D eigenvalue weighted by atomic mass is 32.2. The molecule has 1 rings (SSSR count). The Bertz CT molecular complexity index is 462. The lowest BCUT2D eigenvalue weighted by Gasteiger charge is -2.14. The van der Waals surface area contributed by atoms with Gasteiger partial charge in [-0.25, -0.2) is 0 Å². The van der Waals surface area contributed by atoms with Gasteiger partial charge in [0.15, 0.2) is 0 Å². The largest absolute Gasteiger partial charge is 0.393 e. The highest BCUT2D eigenvalue weighted by molar-refractivity contribution is 7.86. The second-order valence-electron chi connectivity index (χ2n) is 4.69. The van der Waals surface area contributed by atoms with Crippen LogP contribution in [0, 0.1) is 12.8 Å². The third-order valence-electron chi connectivity index (χ3n) is 2.73. The summed E-state index contributed by atoms with van der Waals surface area (Å²) in [5.41, 5.74) is 0.990. The van der Waals surface area contributed by atoms with Crippen molar-refractivity contribution in [3.8, 4) is 0 Å². The van der Waals surface area contributed by atoms with Gasteiger partial charge >= 0.3 is 0 Å². The molecule has 0 radical (unpaired) electrons. The predicted molar refractivity (Wildman–Crippen MR) is 69.8 cm³/mol. The van der Waals surface area contributed by atoms with Gasteiger partial charge in [0.05, 0.1) is 17.6 Å². The van der Waals surface area contributed by atoms with E-state index in [2.05, 4.69) is 0 Å². The third kappa shape index (κ3) is 4.40. The first kappa shape index (κ1) is 15.1. The lowest BCUT2D eigenvalue weighted by atomic mass is 10.1. The Morgan fingerprint density at radius 1 is 1.22 bits per heavy atom. The lowest BCUT2D eigenvalue weighted by Crippen LogP contribution is -2.18. The summed E-state index contributed by atoms with van der Waals surface area (Å²) in [6, 6.07) is 6.48. The fourth-order valence-electron chi connectivity index (χ4n) is 1.38. The third-order valence-corrected chi connectivity index (χ3v) is 4.06. The van der Waals surface area contributed by atoms with Gasteiger partial charge in [-0.3, -0.25) is 4.18 Å². The zero-order valence-corrected chi connectivity index (χ0v) is 11.8. The molecule has 1 aromatic rings. The highest BCUT2D eigenvalue weighted by Crippen LogP contribution is 2.14. The van der Waals surface area contributed by atoms with Crippen LogP contribution >= 0.6 is 0 Å². The zero-order valence-electron chi connectivity index (χ0n) is 11.0. The maximum Gasteiger partial charge on any atom is 0.296 e. The molecule has 0 amide bonds. The van der Waals surface area contributed by atoms with Crippen LogP contribution in [0.15, 0.2) is 29.2 Å². The molecule has 102 valence electrons. The average Bonchev–Trinajstić information content (AvgIpc) is 2.29. The number of aliphatic hydroxyl groups excluding tert-OH is 1. The molecule has 1 atom stereocenters. The Morgan fingerprint density at radius 3 is 2.28 bits per heavy atom. The molecule has 0 saturated carbocycles. The van der Waals surface area contributed by atoms with E-state index in [1.807, 2.05) is 20.8 Å². The summed E-state index contributed by atoms with van der Waals surface area (Å²) in [6.07, 6.45) is -0.235. The minimum atomic E-state index is -3.71. The van der Waals surface area contributed by atoms with Crippen molar-refractivity contribution in [2.24, 2.45) is 5.92 Å². The molecule has 0 saturated heterocycles. The molecule has 1 N–H and O–H groups in total. The summed E-state index contributed by atoms with van der Waals surface area (Å²) in [5, 5.41) is 9.56. The van der Waals surface area contributed by atoms with Crippen LogP contribution in [0.2, 0.25) is 0 Å². The number of aryl methyl sites for hydroxylation is 1. The molecule has 0 bridgehead atoms. The minimum Gasteiger partial charge on any atom is -0.393 e. The number of hydrogen-bond acceptors (Lipinski definition) is 4. The molecule has 0 aliphatic carbocycles. The van der Waals surface area contributed by atoms with E-state index in [9.17, 15) is 13.5 Å². The number of hydrogen-bond donors (Lipinski definition) is 1. The smallest absolute Gasteiger partial charge is 0.296 e. The van der Waals surface area contributed by atoms with Gasteiger partial charge in [-0.05, 0) is 31.4 Å². The van der Waals surface area contributed by atoms with Crippen molar-refractivity contribution in [3.05, 3.63) is 29.8 Å². The van der Waals surface area contributed by atoms with Crippen LogP contribution in [0.3, 0.4) is 0 Å². The predicted octanol–water partition coefficient (Wildman–Crippen LogP) is 2.11. The second-order valence-corrected chi connectivity index (χ2v) is 6.30. The lowest BCUT2D eigenvalue weighted by molar-refractivity contribution is 0.0989. The van der Waals surface area contributed by atoms with E-state index in [0.717, 1.165) is 5.56 Å². The molecule has 4 nitrogen and oxygen atoms in total. The maximum atomic E-state index is 11.8. The average molecular weight is 272 g/mol. The fraction of sp³-hybridized carbons (Fsp3) is 0.538. The highest BCUT2D eigenvalue weighted by Gasteiger charge is 2.16.